The molecule has 9 nitrogen and oxygen atoms in total. The summed E-state index contributed by atoms with van der Waals surface area (Å²) < 4.78 is 17.7. The van der Waals surface area contributed by atoms with Gasteiger partial charge < -0.3 is 19.1 Å². The van der Waals surface area contributed by atoms with Gasteiger partial charge in [0, 0.05) is 25.7 Å². The third kappa shape index (κ3) is 5.51. The Morgan fingerprint density at radius 2 is 1.77 bits per heavy atom. The summed E-state index contributed by atoms with van der Waals surface area (Å²) in [6.07, 6.45) is 1.83. The average Bonchev–Trinajstić information content (AvgIpc) is 3.23. The lowest BCUT2D eigenvalue weighted by atomic mass is 9.95. The van der Waals surface area contributed by atoms with Crippen LogP contribution in [0.1, 0.15) is 44.9 Å². The van der Waals surface area contributed by atoms with E-state index in [1.807, 2.05) is 30.3 Å². The molecular weight excluding hydrogens is 518 g/mol. The van der Waals surface area contributed by atoms with Crippen molar-refractivity contribution in [2.45, 2.75) is 33.7 Å². The Morgan fingerprint density at radius 3 is 2.36 bits per heavy atom. The van der Waals surface area contributed by atoms with Crippen LogP contribution in [0.2, 0.25) is 0 Å². The number of nitrogens with zero attached hydrogens (tertiary/aromatic N) is 3. The Kier molecular flexibility index (Phi) is 8.35. The van der Waals surface area contributed by atoms with Gasteiger partial charge in [0.1, 0.15) is 0 Å². The highest BCUT2D eigenvalue weighted by Crippen LogP contribution is 2.36. The Bertz CT molecular complexity index is 1610. The van der Waals surface area contributed by atoms with Crippen molar-refractivity contribution < 1.29 is 23.8 Å². The molecule has 0 spiro atoms. The number of methoxy groups -OCH3 is 2. The number of hydrogen-bond acceptors (Lipinski definition) is 9. The first-order chi connectivity index (χ1) is 18.7. The first-order valence-electron chi connectivity index (χ1n) is 12.5. The maximum Gasteiger partial charge on any atom is 0.338 e. The second kappa shape index (κ2) is 11.7. The summed E-state index contributed by atoms with van der Waals surface area (Å²) in [5.41, 5.74) is 2.97. The topological polar surface area (TPSA) is 99.4 Å². The molecule has 1 aromatic heterocycles. The quantitative estimate of drug-likeness (QED) is 0.314. The minimum Gasteiger partial charge on any atom is -0.493 e. The minimum atomic E-state index is -0.818. The Balaban J connectivity index is 1.87. The summed E-state index contributed by atoms with van der Waals surface area (Å²) in [6.45, 7) is 9.04. The molecule has 1 aliphatic rings. The summed E-state index contributed by atoms with van der Waals surface area (Å²) >= 11 is 1.25. The molecule has 3 aromatic rings. The van der Waals surface area contributed by atoms with Crippen LogP contribution in [0.4, 0.5) is 5.69 Å². The lowest BCUT2D eigenvalue weighted by Gasteiger charge is -2.25. The molecule has 0 saturated heterocycles. The van der Waals surface area contributed by atoms with Crippen LogP contribution in [0.15, 0.2) is 63.5 Å². The number of ether oxygens (including phenoxy) is 3. The Hall–Kier alpha value is -4.18. The summed E-state index contributed by atoms with van der Waals surface area (Å²) in [4.78, 5) is 45.5. The maximum atomic E-state index is 13.8. The van der Waals surface area contributed by atoms with Crippen molar-refractivity contribution in [2.24, 2.45) is 4.99 Å². The van der Waals surface area contributed by atoms with Gasteiger partial charge in [0.25, 0.3) is 5.56 Å². The zero-order valence-corrected chi connectivity index (χ0v) is 23.6. The number of anilines is 1. The van der Waals surface area contributed by atoms with Crippen LogP contribution >= 0.6 is 11.3 Å². The third-order valence-electron chi connectivity index (χ3n) is 6.50. The SMILES string of the molecule is CCN(CC)c1ccc(C=c2sc3n(c2=O)C(c2ccc(OC(C)=O)c(OC)c2)C(C(=O)OC)=C(C)N=3)cc1. The Labute approximate surface area is 230 Å². The smallest absolute Gasteiger partial charge is 0.338 e. The summed E-state index contributed by atoms with van der Waals surface area (Å²) in [7, 11) is 2.74. The molecule has 4 rings (SSSR count). The van der Waals surface area contributed by atoms with Gasteiger partial charge in [-0.15, -0.1) is 0 Å². The summed E-state index contributed by atoms with van der Waals surface area (Å²) in [6, 6.07) is 12.1. The van der Waals surface area contributed by atoms with E-state index in [9.17, 15) is 14.4 Å². The molecular formula is C29H31N3O6S. The standard InChI is InChI=1S/C29H31N3O6S/c1-7-31(8-2)21-12-9-19(10-13-21)15-24-27(34)32-26(25(28(35)37-6)17(3)30-29(32)39-24)20-11-14-22(38-18(4)33)23(16-20)36-5/h9-16,26H,7-8H2,1-6H3. The van der Waals surface area contributed by atoms with E-state index >= 15 is 0 Å². The van der Waals surface area contributed by atoms with Crippen LogP contribution in [0.3, 0.4) is 0 Å². The second-order valence-corrected chi connectivity index (χ2v) is 9.85. The minimum absolute atomic E-state index is 0.231. The number of esters is 2. The normalized spacial score (nSPS) is 14.9. The van der Waals surface area contributed by atoms with E-state index in [-0.39, 0.29) is 22.6 Å². The molecule has 1 atom stereocenters. The van der Waals surface area contributed by atoms with Gasteiger partial charge >= 0.3 is 11.9 Å². The molecule has 0 saturated carbocycles. The van der Waals surface area contributed by atoms with E-state index in [2.05, 4.69) is 23.7 Å². The molecule has 0 bridgehead atoms. The molecule has 204 valence electrons. The number of carbonyl (C=O) groups excluding carboxylic acids is 2. The number of benzene rings is 2. The average molecular weight is 550 g/mol. The lowest BCUT2D eigenvalue weighted by Crippen LogP contribution is -2.39. The summed E-state index contributed by atoms with van der Waals surface area (Å²) in [5.74, 6) is -0.567. The third-order valence-corrected chi connectivity index (χ3v) is 7.49. The number of carbonyl (C=O) groups is 2. The first-order valence-corrected chi connectivity index (χ1v) is 13.4. The van der Waals surface area contributed by atoms with E-state index in [4.69, 9.17) is 14.2 Å². The fraction of sp³-hybridized carbons (Fsp3) is 0.310. The largest absolute Gasteiger partial charge is 0.493 e. The van der Waals surface area contributed by atoms with Gasteiger partial charge in [-0.2, -0.15) is 0 Å². The van der Waals surface area contributed by atoms with Crippen molar-refractivity contribution >= 4 is 35.0 Å². The van der Waals surface area contributed by atoms with E-state index in [1.54, 1.807) is 25.1 Å². The molecule has 0 amide bonds. The first kappa shape index (κ1) is 27.8. The molecule has 10 heteroatoms. The van der Waals surface area contributed by atoms with Gasteiger partial charge in [-0.3, -0.25) is 14.2 Å². The highest BCUT2D eigenvalue weighted by molar-refractivity contribution is 7.07. The van der Waals surface area contributed by atoms with E-state index < -0.39 is 18.0 Å². The van der Waals surface area contributed by atoms with E-state index in [1.165, 1.54) is 37.0 Å². The molecule has 1 unspecified atom stereocenters. The molecule has 39 heavy (non-hydrogen) atoms. The zero-order chi connectivity index (χ0) is 28.3. The highest BCUT2D eigenvalue weighted by Gasteiger charge is 2.33. The zero-order valence-electron chi connectivity index (χ0n) is 22.8. The predicted molar refractivity (Wildman–Crippen MR) is 150 cm³/mol. The number of rotatable bonds is 8. The van der Waals surface area contributed by atoms with Crippen LogP contribution in [-0.2, 0) is 14.3 Å². The van der Waals surface area contributed by atoms with Crippen LogP contribution in [0, 0.1) is 0 Å². The predicted octanol–water partition coefficient (Wildman–Crippen LogP) is 3.19. The van der Waals surface area contributed by atoms with Crippen molar-refractivity contribution in [2.75, 3.05) is 32.2 Å². The number of allylic oxidation sites excluding steroid dienone is 1. The fourth-order valence-electron chi connectivity index (χ4n) is 4.62. The molecule has 0 N–H and O–H groups in total. The Morgan fingerprint density at radius 1 is 1.08 bits per heavy atom. The van der Waals surface area contributed by atoms with Crippen molar-refractivity contribution in [3.63, 3.8) is 0 Å². The monoisotopic (exact) mass is 549 g/mol. The van der Waals surface area contributed by atoms with Crippen molar-refractivity contribution in [1.29, 1.82) is 0 Å². The number of fused-ring (bicyclic) bond motifs is 1. The van der Waals surface area contributed by atoms with Crippen molar-refractivity contribution in [1.82, 2.24) is 4.57 Å². The van der Waals surface area contributed by atoms with Gasteiger partial charge in [0.05, 0.1) is 36.1 Å². The molecule has 1 aliphatic heterocycles. The lowest BCUT2D eigenvalue weighted by molar-refractivity contribution is -0.136. The van der Waals surface area contributed by atoms with Crippen LogP contribution in [-0.4, -0.2) is 43.8 Å². The molecule has 0 fully saturated rings. The van der Waals surface area contributed by atoms with Crippen LogP contribution in [0.5, 0.6) is 11.5 Å². The number of thiazole rings is 1. The van der Waals surface area contributed by atoms with Crippen molar-refractivity contribution in [3.05, 3.63) is 84.5 Å². The van der Waals surface area contributed by atoms with Gasteiger partial charge in [-0.25, -0.2) is 9.79 Å². The molecule has 0 aliphatic carbocycles. The van der Waals surface area contributed by atoms with Crippen molar-refractivity contribution in [3.8, 4) is 11.5 Å². The second-order valence-electron chi connectivity index (χ2n) is 8.84. The molecule has 2 aromatic carbocycles. The van der Waals surface area contributed by atoms with Crippen LogP contribution < -0.4 is 29.3 Å². The molecule has 2 heterocycles. The van der Waals surface area contributed by atoms with Gasteiger partial charge in [-0.05, 0) is 62.2 Å². The maximum absolute atomic E-state index is 13.8. The van der Waals surface area contributed by atoms with Gasteiger partial charge in [-0.1, -0.05) is 29.5 Å². The molecule has 0 radical (unpaired) electrons. The highest BCUT2D eigenvalue weighted by atomic mass is 32.1. The van der Waals surface area contributed by atoms with E-state index in [0.717, 1.165) is 24.3 Å². The fourth-order valence-corrected chi connectivity index (χ4v) is 5.67. The van der Waals surface area contributed by atoms with Gasteiger partial charge in [0.15, 0.2) is 16.3 Å². The number of hydrogen-bond donors (Lipinski definition) is 0. The van der Waals surface area contributed by atoms with Crippen LogP contribution in [0.25, 0.3) is 6.08 Å². The van der Waals surface area contributed by atoms with Gasteiger partial charge in [0.2, 0.25) is 0 Å². The van der Waals surface area contributed by atoms with E-state index in [0.29, 0.717) is 20.6 Å². The number of aromatic nitrogens is 1. The summed E-state index contributed by atoms with van der Waals surface area (Å²) in [5, 5.41) is 0.